The molecule has 70 valence electrons. The molecule has 0 aromatic carbocycles. The third-order valence-electron chi connectivity index (χ3n) is 1.51. The summed E-state index contributed by atoms with van der Waals surface area (Å²) in [6.07, 6.45) is -0.370. The van der Waals surface area contributed by atoms with Crippen LogP contribution in [0.5, 0.6) is 0 Å². The summed E-state index contributed by atoms with van der Waals surface area (Å²) in [6.45, 7) is 2.75. The number of nitrogens with one attached hydrogen (secondary N) is 1. The first kappa shape index (κ1) is 9.78. The van der Waals surface area contributed by atoms with Crippen molar-refractivity contribution >= 4 is 0 Å². The fourth-order valence-corrected chi connectivity index (χ4v) is 0.937. The Morgan fingerprint density at radius 2 is 2.46 bits per heavy atom. The van der Waals surface area contributed by atoms with E-state index in [1.807, 2.05) is 6.07 Å². The molecular formula is C9H12N2O2. The zero-order chi connectivity index (χ0) is 9.68. The highest BCUT2D eigenvalue weighted by atomic mass is 16.3. The highest BCUT2D eigenvalue weighted by Gasteiger charge is 2.00. The van der Waals surface area contributed by atoms with Crippen LogP contribution >= 0.6 is 0 Å². The Kier molecular flexibility index (Phi) is 3.50. The third kappa shape index (κ3) is 3.28. The van der Waals surface area contributed by atoms with Gasteiger partial charge in [-0.05, 0) is 19.1 Å². The second-order valence-electron chi connectivity index (χ2n) is 2.86. The molecule has 0 fully saturated rings. The topological polar surface area (TPSA) is 69.2 Å². The van der Waals surface area contributed by atoms with Gasteiger partial charge in [-0.15, -0.1) is 0 Å². The van der Waals surface area contributed by atoms with E-state index < -0.39 is 0 Å². The molecule has 1 atom stereocenters. The first-order valence-electron chi connectivity index (χ1n) is 4.10. The van der Waals surface area contributed by atoms with Gasteiger partial charge in [-0.2, -0.15) is 5.26 Å². The van der Waals surface area contributed by atoms with Crippen LogP contribution in [0.15, 0.2) is 16.5 Å². The van der Waals surface area contributed by atoms with E-state index >= 15 is 0 Å². The van der Waals surface area contributed by atoms with Crippen LogP contribution in [-0.2, 0) is 6.54 Å². The molecule has 4 heteroatoms. The molecule has 0 amide bonds. The molecule has 0 bridgehead atoms. The molecular weight excluding hydrogens is 168 g/mol. The molecule has 1 rings (SSSR count). The van der Waals surface area contributed by atoms with Crippen molar-refractivity contribution in [3.8, 4) is 6.07 Å². The van der Waals surface area contributed by atoms with Crippen molar-refractivity contribution < 1.29 is 9.52 Å². The fraction of sp³-hybridized carbons (Fsp3) is 0.444. The van der Waals surface area contributed by atoms with Gasteiger partial charge in [0.2, 0.25) is 5.76 Å². The van der Waals surface area contributed by atoms with Crippen LogP contribution in [-0.4, -0.2) is 17.8 Å². The normalized spacial score (nSPS) is 12.4. The van der Waals surface area contributed by atoms with Crippen LogP contribution in [0.2, 0.25) is 0 Å². The van der Waals surface area contributed by atoms with Gasteiger partial charge in [0.1, 0.15) is 11.8 Å². The van der Waals surface area contributed by atoms with Gasteiger partial charge in [-0.25, -0.2) is 0 Å². The standard InChI is InChI=1S/C9H12N2O2/c1-7(12)5-11-6-9-3-2-8(4-10)13-9/h2-3,7,11-12H,5-6H2,1H3. The molecule has 1 aromatic rings. The van der Waals surface area contributed by atoms with E-state index in [-0.39, 0.29) is 6.10 Å². The number of furan rings is 1. The Morgan fingerprint density at radius 3 is 3.00 bits per heavy atom. The van der Waals surface area contributed by atoms with Gasteiger partial charge in [-0.1, -0.05) is 0 Å². The zero-order valence-electron chi connectivity index (χ0n) is 7.45. The Morgan fingerprint density at radius 1 is 1.69 bits per heavy atom. The van der Waals surface area contributed by atoms with Crippen molar-refractivity contribution in [1.29, 1.82) is 5.26 Å². The molecule has 1 unspecified atom stereocenters. The van der Waals surface area contributed by atoms with E-state index in [0.717, 1.165) is 0 Å². The number of rotatable bonds is 4. The molecule has 4 nitrogen and oxygen atoms in total. The van der Waals surface area contributed by atoms with Crippen LogP contribution in [0, 0.1) is 11.3 Å². The number of hydrogen-bond acceptors (Lipinski definition) is 4. The van der Waals surface area contributed by atoms with Gasteiger partial charge < -0.3 is 14.8 Å². The van der Waals surface area contributed by atoms with E-state index in [1.165, 1.54) is 0 Å². The number of aliphatic hydroxyl groups excluding tert-OH is 1. The molecule has 0 aliphatic heterocycles. The molecule has 0 spiro atoms. The average Bonchev–Trinajstić information content (AvgIpc) is 2.52. The van der Waals surface area contributed by atoms with Gasteiger partial charge in [-0.3, -0.25) is 0 Å². The van der Waals surface area contributed by atoms with Crippen molar-refractivity contribution in [3.63, 3.8) is 0 Å². The van der Waals surface area contributed by atoms with Crippen molar-refractivity contribution in [1.82, 2.24) is 5.32 Å². The van der Waals surface area contributed by atoms with Crippen LogP contribution < -0.4 is 5.32 Å². The molecule has 0 saturated carbocycles. The van der Waals surface area contributed by atoms with Crippen LogP contribution in [0.25, 0.3) is 0 Å². The van der Waals surface area contributed by atoms with Crippen molar-refractivity contribution in [2.45, 2.75) is 19.6 Å². The van der Waals surface area contributed by atoms with E-state index in [2.05, 4.69) is 5.32 Å². The molecule has 2 N–H and O–H groups in total. The third-order valence-corrected chi connectivity index (χ3v) is 1.51. The number of hydrogen-bond donors (Lipinski definition) is 2. The number of aliphatic hydroxyl groups is 1. The summed E-state index contributed by atoms with van der Waals surface area (Å²) in [6, 6.07) is 5.27. The lowest BCUT2D eigenvalue weighted by molar-refractivity contribution is 0.190. The summed E-state index contributed by atoms with van der Waals surface area (Å²) < 4.78 is 5.11. The summed E-state index contributed by atoms with van der Waals surface area (Å²) in [4.78, 5) is 0. The largest absolute Gasteiger partial charge is 0.449 e. The second-order valence-corrected chi connectivity index (χ2v) is 2.86. The minimum Gasteiger partial charge on any atom is -0.449 e. The predicted octanol–water partition coefficient (Wildman–Crippen LogP) is 0.622. The Labute approximate surface area is 76.8 Å². The molecule has 1 aromatic heterocycles. The van der Waals surface area contributed by atoms with Crippen LogP contribution in [0.3, 0.4) is 0 Å². The number of nitriles is 1. The SMILES string of the molecule is CC(O)CNCc1ccc(C#N)o1. The fourth-order valence-electron chi connectivity index (χ4n) is 0.937. The second kappa shape index (κ2) is 4.65. The Bertz CT molecular complexity index is 299. The maximum Gasteiger partial charge on any atom is 0.203 e. The maximum absolute atomic E-state index is 8.94. The summed E-state index contributed by atoms with van der Waals surface area (Å²) in [7, 11) is 0. The maximum atomic E-state index is 8.94. The van der Waals surface area contributed by atoms with Crippen molar-refractivity contribution in [2.24, 2.45) is 0 Å². The molecule has 0 aliphatic rings. The smallest absolute Gasteiger partial charge is 0.203 e. The summed E-state index contributed by atoms with van der Waals surface area (Å²) in [5, 5.41) is 20.4. The van der Waals surface area contributed by atoms with Gasteiger partial charge in [0, 0.05) is 6.54 Å². The minimum atomic E-state index is -0.370. The van der Waals surface area contributed by atoms with Gasteiger partial charge in [0.25, 0.3) is 0 Å². The Balaban J connectivity index is 2.34. The highest BCUT2D eigenvalue weighted by Crippen LogP contribution is 2.05. The Hall–Kier alpha value is -1.31. The number of nitrogens with zero attached hydrogens (tertiary/aromatic N) is 1. The first-order chi connectivity index (χ1) is 6.22. The van der Waals surface area contributed by atoms with Crippen LogP contribution in [0.1, 0.15) is 18.4 Å². The van der Waals surface area contributed by atoms with Crippen molar-refractivity contribution in [3.05, 3.63) is 23.7 Å². The van der Waals surface area contributed by atoms with Crippen LogP contribution in [0.4, 0.5) is 0 Å². The molecule has 13 heavy (non-hydrogen) atoms. The monoisotopic (exact) mass is 180 g/mol. The molecule has 1 heterocycles. The lowest BCUT2D eigenvalue weighted by Gasteiger charge is -2.03. The predicted molar refractivity (Wildman–Crippen MR) is 46.8 cm³/mol. The molecule has 0 aliphatic carbocycles. The van der Waals surface area contributed by atoms with E-state index in [0.29, 0.717) is 24.6 Å². The zero-order valence-corrected chi connectivity index (χ0v) is 7.45. The van der Waals surface area contributed by atoms with E-state index in [9.17, 15) is 0 Å². The lowest BCUT2D eigenvalue weighted by atomic mass is 10.4. The summed E-state index contributed by atoms with van der Waals surface area (Å²) in [5.41, 5.74) is 0. The quantitative estimate of drug-likeness (QED) is 0.712. The highest BCUT2D eigenvalue weighted by molar-refractivity contribution is 5.18. The first-order valence-corrected chi connectivity index (χ1v) is 4.10. The van der Waals surface area contributed by atoms with Gasteiger partial charge in [0.15, 0.2) is 0 Å². The van der Waals surface area contributed by atoms with E-state index in [4.69, 9.17) is 14.8 Å². The van der Waals surface area contributed by atoms with Gasteiger partial charge >= 0.3 is 0 Å². The lowest BCUT2D eigenvalue weighted by Crippen LogP contribution is -2.23. The minimum absolute atomic E-state index is 0.314. The van der Waals surface area contributed by atoms with Gasteiger partial charge in [0.05, 0.1) is 12.6 Å². The summed E-state index contributed by atoms with van der Waals surface area (Å²) in [5.74, 6) is 1.02. The summed E-state index contributed by atoms with van der Waals surface area (Å²) >= 11 is 0. The van der Waals surface area contributed by atoms with E-state index in [1.54, 1.807) is 19.1 Å². The molecule has 0 radical (unpaired) electrons. The average molecular weight is 180 g/mol. The van der Waals surface area contributed by atoms with Crippen molar-refractivity contribution in [2.75, 3.05) is 6.54 Å². The molecule has 0 saturated heterocycles.